The molecule has 2 rings (SSSR count). The Morgan fingerprint density at radius 2 is 2.36 bits per heavy atom. The smallest absolute Gasteiger partial charge is 0.144 e. The molecule has 0 bridgehead atoms. The molecule has 0 N–H and O–H groups in total. The van der Waals surface area contributed by atoms with Crippen molar-refractivity contribution in [2.45, 2.75) is 25.8 Å². The van der Waals surface area contributed by atoms with Crippen LogP contribution in [0.4, 0.5) is 4.39 Å². The van der Waals surface area contributed by atoms with E-state index >= 15 is 0 Å². The van der Waals surface area contributed by atoms with Crippen molar-refractivity contribution in [1.82, 2.24) is 0 Å². The highest BCUT2D eigenvalue weighted by atomic mass is 19.1. The van der Waals surface area contributed by atoms with E-state index in [9.17, 15) is 4.39 Å². The molecule has 2 aliphatic rings. The number of dihydropyridines is 1. The molecule has 58 valence electrons. The lowest BCUT2D eigenvalue weighted by atomic mass is 10.0. The summed E-state index contributed by atoms with van der Waals surface area (Å²) in [5.41, 5.74) is 1.78. The van der Waals surface area contributed by atoms with Crippen molar-refractivity contribution in [2.75, 3.05) is 0 Å². The third-order valence-electron chi connectivity index (χ3n) is 2.30. The van der Waals surface area contributed by atoms with Gasteiger partial charge in [0.05, 0.1) is 6.21 Å². The Bertz CT molecular complexity index is 299. The average molecular weight is 151 g/mol. The second-order valence-electron chi connectivity index (χ2n) is 3.14. The van der Waals surface area contributed by atoms with Crippen molar-refractivity contribution in [3.63, 3.8) is 0 Å². The zero-order valence-electron chi connectivity index (χ0n) is 6.69. The van der Waals surface area contributed by atoms with Crippen molar-refractivity contribution in [1.29, 1.82) is 0 Å². The second kappa shape index (κ2) is 1.81. The molecule has 0 amide bonds. The van der Waals surface area contributed by atoms with Crippen molar-refractivity contribution in [3.8, 4) is 0 Å². The van der Waals surface area contributed by atoms with E-state index in [-0.39, 0.29) is 11.4 Å². The van der Waals surface area contributed by atoms with Crippen LogP contribution in [0.2, 0.25) is 0 Å². The molecule has 1 aliphatic heterocycles. The highest BCUT2D eigenvalue weighted by Gasteiger charge is 2.43. The summed E-state index contributed by atoms with van der Waals surface area (Å²) in [6.45, 7) is 3.97. The molecule has 0 saturated carbocycles. The Hall–Kier alpha value is -0.920. The number of nitrogens with zero attached hydrogens (tertiary/aromatic N) is 1. The van der Waals surface area contributed by atoms with Gasteiger partial charge in [0.2, 0.25) is 0 Å². The molecule has 2 heteroatoms. The third-order valence-corrected chi connectivity index (χ3v) is 2.30. The Morgan fingerprint density at radius 1 is 1.64 bits per heavy atom. The Morgan fingerprint density at radius 3 is 2.91 bits per heavy atom. The van der Waals surface area contributed by atoms with Crippen molar-refractivity contribution in [2.24, 2.45) is 4.99 Å². The summed E-state index contributed by atoms with van der Waals surface area (Å²) in [5, 5.41) is 0. The zero-order chi connectivity index (χ0) is 8.06. The van der Waals surface area contributed by atoms with Crippen LogP contribution < -0.4 is 0 Å². The normalized spacial score (nSPS) is 33.5. The molecule has 0 aromatic heterocycles. The molecule has 1 heterocycles. The molecule has 0 aromatic rings. The molecule has 1 unspecified atom stereocenters. The van der Waals surface area contributed by atoms with Gasteiger partial charge in [-0.2, -0.15) is 0 Å². The van der Waals surface area contributed by atoms with Gasteiger partial charge in [-0.1, -0.05) is 6.92 Å². The Balaban J connectivity index is 2.40. The van der Waals surface area contributed by atoms with Crippen LogP contribution >= 0.6 is 0 Å². The first-order valence-electron chi connectivity index (χ1n) is 3.85. The predicted molar refractivity (Wildman–Crippen MR) is 43.4 cm³/mol. The predicted octanol–water partition coefficient (Wildman–Crippen LogP) is 2.40. The third kappa shape index (κ3) is 0.785. The quantitative estimate of drug-likeness (QED) is 0.545. The highest BCUT2D eigenvalue weighted by molar-refractivity contribution is 5.85. The van der Waals surface area contributed by atoms with Gasteiger partial charge in [0.25, 0.3) is 0 Å². The van der Waals surface area contributed by atoms with E-state index in [1.165, 1.54) is 6.21 Å². The van der Waals surface area contributed by atoms with Gasteiger partial charge in [-0.3, -0.25) is 4.99 Å². The molecule has 1 nitrogen and oxygen atoms in total. The molecule has 1 aliphatic carbocycles. The molecule has 1 atom stereocenters. The van der Waals surface area contributed by atoms with Crippen LogP contribution in [0.1, 0.15) is 20.3 Å². The first-order valence-corrected chi connectivity index (χ1v) is 3.85. The minimum atomic E-state index is -0.159. The molecule has 0 radical (unpaired) electrons. The van der Waals surface area contributed by atoms with Crippen LogP contribution in [0, 0.1) is 0 Å². The molecule has 0 fully saturated rings. The lowest BCUT2D eigenvalue weighted by Gasteiger charge is -2.13. The fraction of sp³-hybridized carbons (Fsp3) is 0.444. The van der Waals surface area contributed by atoms with Crippen LogP contribution in [0.3, 0.4) is 0 Å². The Labute approximate surface area is 65.3 Å². The first-order chi connectivity index (χ1) is 5.17. The van der Waals surface area contributed by atoms with Crippen LogP contribution in [-0.2, 0) is 0 Å². The van der Waals surface area contributed by atoms with E-state index in [0.717, 1.165) is 17.6 Å². The van der Waals surface area contributed by atoms with E-state index in [1.807, 2.05) is 19.9 Å². The highest BCUT2D eigenvalue weighted by Crippen LogP contribution is 2.47. The van der Waals surface area contributed by atoms with Crippen molar-refractivity contribution < 1.29 is 4.39 Å². The van der Waals surface area contributed by atoms with E-state index in [4.69, 9.17) is 0 Å². The van der Waals surface area contributed by atoms with Crippen molar-refractivity contribution in [3.05, 3.63) is 23.0 Å². The summed E-state index contributed by atoms with van der Waals surface area (Å²) in [6, 6.07) is 0. The standard InChI is InChI=1S/C9H10FN/c1-3-6-7-4-9(7,2)11-5-8(6)10/h4-5H,3H2,1-2H3. The zero-order valence-corrected chi connectivity index (χ0v) is 6.69. The fourth-order valence-electron chi connectivity index (χ4n) is 1.50. The summed E-state index contributed by atoms with van der Waals surface area (Å²) in [6.07, 6.45) is 4.11. The topological polar surface area (TPSA) is 12.4 Å². The monoisotopic (exact) mass is 151 g/mol. The number of hydrogen-bond donors (Lipinski definition) is 0. The van der Waals surface area contributed by atoms with Gasteiger partial charge in [0, 0.05) is 0 Å². The van der Waals surface area contributed by atoms with E-state index in [2.05, 4.69) is 4.99 Å². The fourth-order valence-corrected chi connectivity index (χ4v) is 1.50. The lowest BCUT2D eigenvalue weighted by Crippen LogP contribution is -2.10. The molecular weight excluding hydrogens is 141 g/mol. The molecule has 0 saturated heterocycles. The van der Waals surface area contributed by atoms with Gasteiger partial charge >= 0.3 is 0 Å². The molecule has 0 spiro atoms. The number of halogens is 1. The van der Waals surface area contributed by atoms with Crippen molar-refractivity contribution >= 4 is 6.21 Å². The summed E-state index contributed by atoms with van der Waals surface area (Å²) in [4.78, 5) is 4.06. The van der Waals surface area contributed by atoms with Crippen LogP contribution in [0.15, 0.2) is 28.0 Å². The maximum absolute atomic E-state index is 13.0. The van der Waals surface area contributed by atoms with E-state index in [0.29, 0.717) is 0 Å². The summed E-state index contributed by atoms with van der Waals surface area (Å²) in [5.74, 6) is -0.159. The molecular formula is C9H10FN. The van der Waals surface area contributed by atoms with E-state index < -0.39 is 0 Å². The van der Waals surface area contributed by atoms with Gasteiger partial charge in [0.15, 0.2) is 0 Å². The summed E-state index contributed by atoms with van der Waals surface area (Å²) >= 11 is 0. The Kier molecular flexibility index (Phi) is 1.12. The maximum atomic E-state index is 13.0. The van der Waals surface area contributed by atoms with Crippen LogP contribution in [-0.4, -0.2) is 11.8 Å². The summed E-state index contributed by atoms with van der Waals surface area (Å²) < 4.78 is 13.0. The minimum Gasteiger partial charge on any atom is -0.275 e. The number of aliphatic imine (C=N–C) groups is 1. The SMILES string of the molecule is CCC1=C(F)C=NC2(C)C=C12. The van der Waals surface area contributed by atoms with Gasteiger partial charge < -0.3 is 0 Å². The summed E-state index contributed by atoms with van der Waals surface area (Å²) in [7, 11) is 0. The van der Waals surface area contributed by atoms with Gasteiger partial charge in [-0.25, -0.2) is 4.39 Å². The van der Waals surface area contributed by atoms with Gasteiger partial charge in [-0.05, 0) is 30.6 Å². The number of allylic oxidation sites excluding steroid dienone is 1. The largest absolute Gasteiger partial charge is 0.275 e. The molecule has 0 aromatic carbocycles. The lowest BCUT2D eigenvalue weighted by molar-refractivity contribution is 0.652. The number of hydrogen-bond acceptors (Lipinski definition) is 1. The number of rotatable bonds is 1. The van der Waals surface area contributed by atoms with Gasteiger partial charge in [0.1, 0.15) is 11.4 Å². The van der Waals surface area contributed by atoms with E-state index in [1.54, 1.807) is 0 Å². The molecule has 11 heavy (non-hydrogen) atoms. The van der Waals surface area contributed by atoms with Gasteiger partial charge in [-0.15, -0.1) is 0 Å². The second-order valence-corrected chi connectivity index (χ2v) is 3.14. The van der Waals surface area contributed by atoms with Crippen LogP contribution in [0.5, 0.6) is 0 Å². The minimum absolute atomic E-state index is 0.138. The first kappa shape index (κ1) is 6.77. The maximum Gasteiger partial charge on any atom is 0.144 e. The number of fused-ring (bicyclic) bond motifs is 1. The average Bonchev–Trinajstić information content (AvgIpc) is 2.62. The van der Waals surface area contributed by atoms with Crippen LogP contribution in [0.25, 0.3) is 0 Å².